The van der Waals surface area contributed by atoms with E-state index in [1.165, 1.54) is 39.1 Å². The van der Waals surface area contributed by atoms with Crippen molar-refractivity contribution in [2.24, 2.45) is 7.05 Å². The van der Waals surface area contributed by atoms with Crippen LogP contribution in [0.25, 0.3) is 17.2 Å². The Morgan fingerprint density at radius 2 is 1.68 bits per heavy atom. The number of ether oxygens (including phenoxy) is 3. The predicted octanol–water partition coefficient (Wildman–Crippen LogP) is 1.95. The molecule has 3 aromatic heterocycles. The molecule has 0 bridgehead atoms. The fraction of sp³-hybridized carbons (Fsp3) is 0.304. The molecule has 2 atom stereocenters. The molecular weight excluding hydrogens is 502 g/mol. The summed E-state index contributed by atoms with van der Waals surface area (Å²) >= 11 is 0. The molecule has 0 aliphatic heterocycles. The Morgan fingerprint density at radius 3 is 2.27 bits per heavy atom. The fourth-order valence-corrected chi connectivity index (χ4v) is 4.70. The number of aliphatic hydroxyl groups excluding tert-OH is 1. The van der Waals surface area contributed by atoms with Gasteiger partial charge >= 0.3 is 0 Å². The summed E-state index contributed by atoms with van der Waals surface area (Å²) in [5, 5.41) is 17.7. The molecule has 0 radical (unpaired) electrons. The number of imidazole rings is 1. The van der Waals surface area contributed by atoms with Crippen molar-refractivity contribution in [2.75, 3.05) is 26.1 Å². The van der Waals surface area contributed by atoms with E-state index in [0.29, 0.717) is 28.8 Å². The zero-order valence-corrected chi connectivity index (χ0v) is 21.7. The molecule has 14 heteroatoms. The van der Waals surface area contributed by atoms with Gasteiger partial charge in [0.25, 0.3) is 0 Å². The number of methoxy groups -OCH3 is 3. The zero-order chi connectivity index (χ0) is 26.7. The number of aliphatic hydroxyl groups is 1. The summed E-state index contributed by atoms with van der Waals surface area (Å²) in [7, 11) is 1.95. The van der Waals surface area contributed by atoms with E-state index in [1.807, 2.05) is 0 Å². The Bertz CT molecular complexity index is 1480. The molecule has 3 heterocycles. The SMILES string of the molecule is COc1cccc(-c2nnc(NS(=O)(=O)[C@@H](C)[C@H](O)c3cn(C)cn3)n2-c2c(OC)cccc2OC)n1. The minimum absolute atomic E-state index is 0.164. The highest BCUT2D eigenvalue weighted by Gasteiger charge is 2.33. The molecule has 2 N–H and O–H groups in total. The lowest BCUT2D eigenvalue weighted by Crippen LogP contribution is -2.32. The number of anilines is 1. The van der Waals surface area contributed by atoms with Gasteiger partial charge in [-0.25, -0.2) is 18.4 Å². The van der Waals surface area contributed by atoms with E-state index in [2.05, 4.69) is 24.9 Å². The molecule has 1 aromatic carbocycles. The highest BCUT2D eigenvalue weighted by atomic mass is 32.2. The molecule has 0 aliphatic carbocycles. The summed E-state index contributed by atoms with van der Waals surface area (Å²) in [6, 6.07) is 10.2. The summed E-state index contributed by atoms with van der Waals surface area (Å²) in [4.78, 5) is 8.48. The molecule has 4 rings (SSSR count). The highest BCUT2D eigenvalue weighted by molar-refractivity contribution is 7.93. The van der Waals surface area contributed by atoms with Gasteiger partial charge in [-0.2, -0.15) is 0 Å². The molecule has 37 heavy (non-hydrogen) atoms. The average molecular weight is 530 g/mol. The third kappa shape index (κ3) is 5.06. The second-order valence-corrected chi connectivity index (χ2v) is 10.1. The van der Waals surface area contributed by atoms with E-state index >= 15 is 0 Å². The minimum Gasteiger partial charge on any atom is -0.494 e. The van der Waals surface area contributed by atoms with Gasteiger partial charge in [-0.05, 0) is 25.1 Å². The smallest absolute Gasteiger partial charge is 0.243 e. The Hall–Kier alpha value is -4.17. The Balaban J connectivity index is 1.85. The standard InChI is InChI=1S/C23H27N7O6S/c1-14(21(31)16-12-29(2)13-24-16)37(32,33)28-23-27-26-22(15-8-6-11-19(25-15)36-5)30(23)20-17(34-3)9-7-10-18(20)35-4/h6-14,21,31H,1-5H3,(H,27,28)/t14-,21-/m0/s1. The molecule has 0 unspecified atom stereocenters. The fourth-order valence-electron chi connectivity index (χ4n) is 3.65. The van der Waals surface area contributed by atoms with Gasteiger partial charge < -0.3 is 23.9 Å². The molecule has 0 amide bonds. The molecule has 0 fully saturated rings. The van der Waals surface area contributed by atoms with Crippen LogP contribution in [0.3, 0.4) is 0 Å². The largest absolute Gasteiger partial charge is 0.494 e. The Labute approximate surface area is 213 Å². The van der Waals surface area contributed by atoms with Gasteiger partial charge in [-0.15, -0.1) is 10.2 Å². The first-order valence-corrected chi connectivity index (χ1v) is 12.6. The number of hydrogen-bond acceptors (Lipinski definition) is 10. The van der Waals surface area contributed by atoms with Crippen LogP contribution >= 0.6 is 0 Å². The van der Waals surface area contributed by atoms with Gasteiger partial charge in [0.05, 0.1) is 33.4 Å². The highest BCUT2D eigenvalue weighted by Crippen LogP contribution is 2.38. The van der Waals surface area contributed by atoms with Crippen LogP contribution in [0.4, 0.5) is 5.95 Å². The van der Waals surface area contributed by atoms with Crippen LogP contribution in [0.5, 0.6) is 17.4 Å². The van der Waals surface area contributed by atoms with Crippen molar-refractivity contribution >= 4 is 16.0 Å². The van der Waals surface area contributed by atoms with Crippen molar-refractivity contribution in [2.45, 2.75) is 18.3 Å². The lowest BCUT2D eigenvalue weighted by atomic mass is 10.2. The Morgan fingerprint density at radius 1 is 1.00 bits per heavy atom. The number of rotatable bonds is 10. The van der Waals surface area contributed by atoms with Gasteiger partial charge in [0.1, 0.15) is 34.2 Å². The number of nitrogens with zero attached hydrogens (tertiary/aromatic N) is 6. The molecule has 0 saturated heterocycles. The summed E-state index contributed by atoms with van der Waals surface area (Å²) in [6.45, 7) is 1.37. The maximum Gasteiger partial charge on any atom is 0.243 e. The first-order chi connectivity index (χ1) is 17.7. The van der Waals surface area contributed by atoms with Crippen molar-refractivity contribution in [1.82, 2.24) is 29.3 Å². The van der Waals surface area contributed by atoms with E-state index in [4.69, 9.17) is 14.2 Å². The quantitative estimate of drug-likeness (QED) is 0.311. The van der Waals surface area contributed by atoms with Gasteiger partial charge in [0.2, 0.25) is 21.9 Å². The number of benzene rings is 1. The number of aryl methyl sites for hydroxylation is 1. The van der Waals surface area contributed by atoms with Crippen molar-refractivity contribution in [3.63, 3.8) is 0 Å². The molecule has 0 aliphatic rings. The summed E-state index contributed by atoms with van der Waals surface area (Å²) in [6.07, 6.45) is 1.63. The topological polar surface area (TPSA) is 156 Å². The van der Waals surface area contributed by atoms with Crippen molar-refractivity contribution in [1.29, 1.82) is 0 Å². The molecule has 13 nitrogen and oxygen atoms in total. The molecule has 0 saturated carbocycles. The predicted molar refractivity (Wildman–Crippen MR) is 134 cm³/mol. The monoisotopic (exact) mass is 529 g/mol. The van der Waals surface area contributed by atoms with Crippen LogP contribution in [-0.4, -0.2) is 69.4 Å². The first-order valence-electron chi connectivity index (χ1n) is 11.1. The maximum absolute atomic E-state index is 13.4. The molecule has 4 aromatic rings. The van der Waals surface area contributed by atoms with Gasteiger partial charge in [-0.3, -0.25) is 9.29 Å². The van der Waals surface area contributed by atoms with Crippen molar-refractivity contribution in [3.8, 4) is 34.6 Å². The van der Waals surface area contributed by atoms with Crippen LogP contribution in [0.15, 0.2) is 48.9 Å². The van der Waals surface area contributed by atoms with Crippen LogP contribution in [0.1, 0.15) is 18.7 Å². The second-order valence-electron chi connectivity index (χ2n) is 8.02. The normalized spacial score (nSPS) is 13.1. The van der Waals surface area contributed by atoms with Crippen LogP contribution < -0.4 is 18.9 Å². The van der Waals surface area contributed by atoms with E-state index in [-0.39, 0.29) is 17.5 Å². The molecule has 196 valence electrons. The molecular formula is C23H27N7O6S. The van der Waals surface area contributed by atoms with Gasteiger partial charge in [0.15, 0.2) is 5.82 Å². The number of aromatic nitrogens is 6. The van der Waals surface area contributed by atoms with Crippen molar-refractivity contribution in [3.05, 3.63) is 54.6 Å². The average Bonchev–Trinajstić information content (AvgIpc) is 3.52. The maximum atomic E-state index is 13.4. The van der Waals surface area contributed by atoms with E-state index < -0.39 is 21.4 Å². The summed E-state index contributed by atoms with van der Waals surface area (Å²) < 4.78 is 48.6. The summed E-state index contributed by atoms with van der Waals surface area (Å²) in [5.74, 6) is 1.09. The third-order valence-electron chi connectivity index (χ3n) is 5.65. The van der Waals surface area contributed by atoms with Crippen LogP contribution in [-0.2, 0) is 17.1 Å². The lowest BCUT2D eigenvalue weighted by Gasteiger charge is -2.20. The zero-order valence-electron chi connectivity index (χ0n) is 20.9. The van der Waals surface area contributed by atoms with Gasteiger partial charge in [-0.1, -0.05) is 12.1 Å². The van der Waals surface area contributed by atoms with Crippen molar-refractivity contribution < 1.29 is 27.7 Å². The number of para-hydroxylation sites is 1. The number of pyridine rings is 1. The minimum atomic E-state index is -4.20. The second kappa shape index (κ2) is 10.4. The van der Waals surface area contributed by atoms with Gasteiger partial charge in [0, 0.05) is 19.3 Å². The first kappa shape index (κ1) is 25.9. The van der Waals surface area contributed by atoms with Crippen LogP contribution in [0, 0.1) is 0 Å². The summed E-state index contributed by atoms with van der Waals surface area (Å²) in [5.41, 5.74) is 0.911. The third-order valence-corrected chi connectivity index (χ3v) is 7.35. The number of hydrogen-bond donors (Lipinski definition) is 2. The number of nitrogens with one attached hydrogen (secondary N) is 1. The van der Waals surface area contributed by atoms with E-state index in [0.717, 1.165) is 0 Å². The lowest BCUT2D eigenvalue weighted by molar-refractivity contribution is 0.172. The van der Waals surface area contributed by atoms with E-state index in [9.17, 15) is 13.5 Å². The Kier molecular flexibility index (Phi) is 7.31. The number of sulfonamides is 1. The molecule has 0 spiro atoms. The van der Waals surface area contributed by atoms with Crippen LogP contribution in [0.2, 0.25) is 0 Å². The van der Waals surface area contributed by atoms with E-state index in [1.54, 1.807) is 54.2 Å².